The number of nitrogens with one attached hydrogen (secondary N) is 1. The first-order valence-corrected chi connectivity index (χ1v) is 13.5. The second-order valence-electron chi connectivity index (χ2n) is 9.47. The third kappa shape index (κ3) is 8.83. The first-order chi connectivity index (χ1) is 17.3. The Morgan fingerprint density at radius 3 is 2.28 bits per heavy atom. The molecule has 3 aromatic carbocycles. The zero-order valence-corrected chi connectivity index (χ0v) is 22.1. The number of amides is 2. The van der Waals surface area contributed by atoms with Gasteiger partial charge in [-0.1, -0.05) is 86.1 Å². The van der Waals surface area contributed by atoms with Crippen molar-refractivity contribution >= 4 is 23.6 Å². The van der Waals surface area contributed by atoms with Gasteiger partial charge in [-0.3, -0.25) is 9.59 Å². The van der Waals surface area contributed by atoms with Gasteiger partial charge in [-0.15, -0.1) is 11.8 Å². The normalized spacial score (nSPS) is 11.8. The molecule has 36 heavy (non-hydrogen) atoms. The summed E-state index contributed by atoms with van der Waals surface area (Å²) in [7, 11) is 0. The fourth-order valence-corrected chi connectivity index (χ4v) is 4.76. The number of carbonyl (C=O) groups is 2. The Kier molecular flexibility index (Phi) is 10.6. The summed E-state index contributed by atoms with van der Waals surface area (Å²) in [5, 5.41) is 3.02. The highest BCUT2D eigenvalue weighted by Gasteiger charge is 2.30. The van der Waals surface area contributed by atoms with Gasteiger partial charge >= 0.3 is 0 Å². The molecule has 4 nitrogen and oxygen atoms in total. The van der Waals surface area contributed by atoms with Crippen LogP contribution in [0, 0.1) is 18.7 Å². The maximum Gasteiger partial charge on any atom is 0.243 e. The van der Waals surface area contributed by atoms with Crippen LogP contribution in [0.2, 0.25) is 0 Å². The van der Waals surface area contributed by atoms with E-state index < -0.39 is 6.04 Å². The van der Waals surface area contributed by atoms with Crippen LogP contribution in [-0.4, -0.2) is 35.1 Å². The lowest BCUT2D eigenvalue weighted by molar-refractivity contribution is -0.139. The summed E-state index contributed by atoms with van der Waals surface area (Å²) in [6.07, 6.45) is 0.403. The molecule has 0 aliphatic carbocycles. The van der Waals surface area contributed by atoms with E-state index in [0.717, 1.165) is 16.7 Å². The molecular weight excluding hydrogens is 471 g/mol. The van der Waals surface area contributed by atoms with Gasteiger partial charge in [-0.05, 0) is 41.7 Å². The topological polar surface area (TPSA) is 49.4 Å². The van der Waals surface area contributed by atoms with E-state index in [1.807, 2.05) is 63.2 Å². The summed E-state index contributed by atoms with van der Waals surface area (Å²) in [4.78, 5) is 28.7. The van der Waals surface area contributed by atoms with Gasteiger partial charge in [0, 0.05) is 25.3 Å². The standard InChI is InChI=1S/C30H35FN2O2S/c1-22(2)18-32-30(35)28(17-24-9-5-4-6-10-24)33(19-25-12-14-27(31)15-13-25)29(34)21-36-20-26-11-7-8-23(3)16-26/h4-16,22,28H,17-21H2,1-3H3,(H,32,35). The largest absolute Gasteiger partial charge is 0.354 e. The van der Waals surface area contributed by atoms with Crippen molar-refractivity contribution in [1.82, 2.24) is 10.2 Å². The minimum atomic E-state index is -0.678. The van der Waals surface area contributed by atoms with E-state index in [-0.39, 0.29) is 35.8 Å². The molecule has 0 aliphatic heterocycles. The maximum atomic E-state index is 13.6. The minimum absolute atomic E-state index is 0.113. The van der Waals surface area contributed by atoms with Crippen molar-refractivity contribution in [2.45, 2.75) is 45.5 Å². The predicted octanol–water partition coefficient (Wildman–Crippen LogP) is 5.78. The van der Waals surface area contributed by atoms with Gasteiger partial charge < -0.3 is 10.2 Å². The Balaban J connectivity index is 1.83. The van der Waals surface area contributed by atoms with E-state index in [1.54, 1.807) is 17.0 Å². The summed E-state index contributed by atoms with van der Waals surface area (Å²) < 4.78 is 13.5. The molecule has 2 amide bonds. The summed E-state index contributed by atoms with van der Waals surface area (Å²) in [6.45, 7) is 6.89. The molecule has 0 heterocycles. The molecule has 0 aromatic heterocycles. The highest BCUT2D eigenvalue weighted by molar-refractivity contribution is 7.99. The monoisotopic (exact) mass is 506 g/mol. The summed E-state index contributed by atoms with van der Waals surface area (Å²) in [5.41, 5.74) is 4.10. The van der Waals surface area contributed by atoms with Crippen molar-refractivity contribution in [2.24, 2.45) is 5.92 Å². The lowest BCUT2D eigenvalue weighted by atomic mass is 10.0. The quantitative estimate of drug-likeness (QED) is 0.339. The first kappa shape index (κ1) is 27.5. The molecule has 0 aliphatic rings. The van der Waals surface area contributed by atoms with Gasteiger partial charge in [0.15, 0.2) is 0 Å². The Hall–Kier alpha value is -3.12. The van der Waals surface area contributed by atoms with E-state index in [0.29, 0.717) is 18.7 Å². The van der Waals surface area contributed by atoms with Gasteiger partial charge in [-0.2, -0.15) is 0 Å². The Labute approximate surface area is 218 Å². The Bertz CT molecular complexity index is 1120. The lowest BCUT2D eigenvalue weighted by Crippen LogP contribution is -2.51. The first-order valence-electron chi connectivity index (χ1n) is 12.3. The highest BCUT2D eigenvalue weighted by Crippen LogP contribution is 2.19. The van der Waals surface area contributed by atoms with Crippen molar-refractivity contribution in [3.8, 4) is 0 Å². The van der Waals surface area contributed by atoms with Crippen molar-refractivity contribution < 1.29 is 14.0 Å². The van der Waals surface area contributed by atoms with Crippen LogP contribution >= 0.6 is 11.8 Å². The van der Waals surface area contributed by atoms with Crippen molar-refractivity contribution in [3.63, 3.8) is 0 Å². The fraction of sp³-hybridized carbons (Fsp3) is 0.333. The number of halogens is 1. The SMILES string of the molecule is Cc1cccc(CSCC(=O)N(Cc2ccc(F)cc2)C(Cc2ccccc2)C(=O)NCC(C)C)c1. The van der Waals surface area contributed by atoms with Gasteiger partial charge in [0.2, 0.25) is 11.8 Å². The molecule has 0 fully saturated rings. The van der Waals surface area contributed by atoms with E-state index in [4.69, 9.17) is 0 Å². The summed E-state index contributed by atoms with van der Waals surface area (Å²) >= 11 is 1.54. The second kappa shape index (κ2) is 13.8. The smallest absolute Gasteiger partial charge is 0.243 e. The van der Waals surface area contributed by atoms with E-state index in [2.05, 4.69) is 17.4 Å². The van der Waals surface area contributed by atoms with Crippen molar-refractivity contribution in [1.29, 1.82) is 0 Å². The van der Waals surface area contributed by atoms with Crippen LogP contribution < -0.4 is 5.32 Å². The molecule has 0 saturated heterocycles. The van der Waals surface area contributed by atoms with Gasteiger partial charge in [-0.25, -0.2) is 4.39 Å². The van der Waals surface area contributed by atoms with Gasteiger partial charge in [0.05, 0.1) is 5.75 Å². The Morgan fingerprint density at radius 2 is 1.61 bits per heavy atom. The number of hydrogen-bond acceptors (Lipinski definition) is 3. The number of hydrogen-bond donors (Lipinski definition) is 1. The predicted molar refractivity (Wildman–Crippen MR) is 146 cm³/mol. The number of rotatable bonds is 12. The fourth-order valence-electron chi connectivity index (χ4n) is 3.90. The molecule has 0 spiro atoms. The molecule has 1 N–H and O–H groups in total. The highest BCUT2D eigenvalue weighted by atomic mass is 32.2. The minimum Gasteiger partial charge on any atom is -0.354 e. The molecule has 0 radical (unpaired) electrons. The third-order valence-corrected chi connectivity index (χ3v) is 6.79. The van der Waals surface area contributed by atoms with Crippen LogP contribution in [-0.2, 0) is 28.3 Å². The third-order valence-electron chi connectivity index (χ3n) is 5.80. The molecule has 190 valence electrons. The second-order valence-corrected chi connectivity index (χ2v) is 10.5. The lowest BCUT2D eigenvalue weighted by Gasteiger charge is -2.32. The van der Waals surface area contributed by atoms with E-state index in [1.165, 1.54) is 29.5 Å². The van der Waals surface area contributed by atoms with Crippen LogP contribution in [0.15, 0.2) is 78.9 Å². The van der Waals surface area contributed by atoms with Crippen LogP contribution in [0.1, 0.15) is 36.1 Å². The van der Waals surface area contributed by atoms with Crippen LogP contribution in [0.4, 0.5) is 4.39 Å². The number of thioether (sulfide) groups is 1. The molecule has 3 rings (SSSR count). The molecule has 0 bridgehead atoms. The maximum absolute atomic E-state index is 13.6. The zero-order chi connectivity index (χ0) is 25.9. The van der Waals surface area contributed by atoms with Crippen LogP contribution in [0.3, 0.4) is 0 Å². The number of carbonyl (C=O) groups excluding carboxylic acids is 2. The molecule has 0 saturated carbocycles. The summed E-state index contributed by atoms with van der Waals surface area (Å²) in [5.74, 6) is 0.626. The average molecular weight is 507 g/mol. The molecule has 1 unspecified atom stereocenters. The molecule has 6 heteroatoms. The van der Waals surface area contributed by atoms with Crippen LogP contribution in [0.25, 0.3) is 0 Å². The number of benzene rings is 3. The Morgan fingerprint density at radius 1 is 0.917 bits per heavy atom. The molecular formula is C30H35FN2O2S. The van der Waals surface area contributed by atoms with E-state index in [9.17, 15) is 14.0 Å². The van der Waals surface area contributed by atoms with Gasteiger partial charge in [0.25, 0.3) is 0 Å². The summed E-state index contributed by atoms with van der Waals surface area (Å²) in [6, 6.07) is 23.4. The molecule has 1 atom stereocenters. The molecule has 3 aromatic rings. The average Bonchev–Trinajstić information content (AvgIpc) is 2.86. The van der Waals surface area contributed by atoms with Crippen LogP contribution in [0.5, 0.6) is 0 Å². The number of aryl methyl sites for hydroxylation is 1. The van der Waals surface area contributed by atoms with Crippen molar-refractivity contribution in [2.75, 3.05) is 12.3 Å². The zero-order valence-electron chi connectivity index (χ0n) is 21.2. The van der Waals surface area contributed by atoms with Gasteiger partial charge in [0.1, 0.15) is 11.9 Å². The van der Waals surface area contributed by atoms with E-state index >= 15 is 0 Å². The number of nitrogens with zero attached hydrogens (tertiary/aromatic N) is 1. The van der Waals surface area contributed by atoms with Crippen molar-refractivity contribution in [3.05, 3.63) is 107 Å².